The van der Waals surface area contributed by atoms with Gasteiger partial charge in [-0.3, -0.25) is 9.78 Å². The van der Waals surface area contributed by atoms with Crippen molar-refractivity contribution in [3.63, 3.8) is 0 Å². The van der Waals surface area contributed by atoms with Gasteiger partial charge >= 0.3 is 12.4 Å². The quantitative estimate of drug-likeness (QED) is 0.162. The lowest BCUT2D eigenvalue weighted by Gasteiger charge is -2.12. The van der Waals surface area contributed by atoms with Crippen molar-refractivity contribution in [1.29, 1.82) is 0 Å². The molecule has 194 valence electrons. The zero-order valence-corrected chi connectivity index (χ0v) is 19.9. The molecule has 1 N–H and O–H groups in total. The van der Waals surface area contributed by atoms with Crippen molar-refractivity contribution in [2.24, 2.45) is 0 Å². The first kappa shape index (κ1) is 26.7. The number of carbonyl (C=O) groups is 1. The van der Waals surface area contributed by atoms with Crippen LogP contribution in [0.2, 0.25) is 0 Å². The number of allylic oxidation sites excluding steroid dienone is 2. The van der Waals surface area contributed by atoms with Crippen LogP contribution in [0.5, 0.6) is 0 Å². The third-order valence-corrected chi connectivity index (χ3v) is 5.72. The molecule has 1 aromatic heterocycles. The maximum Gasteiger partial charge on any atom is 0.416 e. The third kappa shape index (κ3) is 6.29. The Hall–Kier alpha value is -4.40. The van der Waals surface area contributed by atoms with E-state index >= 15 is 0 Å². The van der Waals surface area contributed by atoms with E-state index in [1.165, 1.54) is 42.5 Å². The summed E-state index contributed by atoms with van der Waals surface area (Å²) in [4.78, 5) is 16.8. The number of halogens is 6. The lowest BCUT2D eigenvalue weighted by atomic mass is 9.95. The normalized spacial score (nSPS) is 12.1. The Balaban J connectivity index is 1.64. The van der Waals surface area contributed by atoms with Crippen molar-refractivity contribution in [2.45, 2.75) is 19.3 Å². The minimum absolute atomic E-state index is 0.333. The highest BCUT2D eigenvalue weighted by Crippen LogP contribution is 2.33. The lowest BCUT2D eigenvalue weighted by Crippen LogP contribution is -2.08. The summed E-state index contributed by atoms with van der Waals surface area (Å²) < 4.78 is 78.1. The van der Waals surface area contributed by atoms with Crippen LogP contribution in [0.4, 0.5) is 32.0 Å². The van der Waals surface area contributed by atoms with Crippen LogP contribution in [-0.4, -0.2) is 10.9 Å². The average molecular weight is 526 g/mol. The van der Waals surface area contributed by atoms with Gasteiger partial charge < -0.3 is 5.32 Å². The third-order valence-electron chi connectivity index (χ3n) is 5.72. The molecule has 0 aliphatic rings. The van der Waals surface area contributed by atoms with Crippen LogP contribution in [0.15, 0.2) is 97.2 Å². The van der Waals surface area contributed by atoms with Gasteiger partial charge in [0.25, 0.3) is 0 Å². The zero-order valence-electron chi connectivity index (χ0n) is 19.9. The van der Waals surface area contributed by atoms with Gasteiger partial charge in [-0.25, -0.2) is 0 Å². The van der Waals surface area contributed by atoms with E-state index < -0.39 is 29.4 Å². The number of nitrogens with one attached hydrogen (secondary N) is 1. The molecule has 4 rings (SSSR count). The number of alkyl halides is 6. The highest BCUT2D eigenvalue weighted by Gasteiger charge is 2.31. The van der Waals surface area contributed by atoms with E-state index in [2.05, 4.69) is 10.3 Å². The average Bonchev–Trinajstić information content (AvgIpc) is 2.86. The van der Waals surface area contributed by atoms with E-state index in [0.29, 0.717) is 22.4 Å². The Morgan fingerprint density at radius 1 is 0.816 bits per heavy atom. The molecule has 38 heavy (non-hydrogen) atoms. The van der Waals surface area contributed by atoms with Gasteiger partial charge in [-0.1, -0.05) is 48.6 Å². The molecule has 3 nitrogen and oxygen atoms in total. The smallest absolute Gasteiger partial charge is 0.322 e. The molecule has 0 saturated carbocycles. The van der Waals surface area contributed by atoms with Crippen LogP contribution in [0.25, 0.3) is 16.3 Å². The summed E-state index contributed by atoms with van der Waals surface area (Å²) in [5.41, 5.74) is 0.628. The molecule has 0 saturated heterocycles. The highest BCUT2D eigenvalue weighted by molar-refractivity contribution is 6.06. The summed E-state index contributed by atoms with van der Waals surface area (Å²) in [5, 5.41) is 4.42. The topological polar surface area (TPSA) is 42.0 Å². The molecule has 4 aromatic rings. The number of hydrogen-bond acceptors (Lipinski definition) is 2. The second kappa shape index (κ2) is 10.5. The van der Waals surface area contributed by atoms with Gasteiger partial charge in [0.05, 0.1) is 11.1 Å². The molecule has 0 aliphatic heterocycles. The first-order valence-corrected chi connectivity index (χ1v) is 11.3. The first-order valence-electron chi connectivity index (χ1n) is 11.3. The summed E-state index contributed by atoms with van der Waals surface area (Å²) in [6.07, 6.45) is -3.31. The zero-order chi connectivity index (χ0) is 27.5. The van der Waals surface area contributed by atoms with Gasteiger partial charge in [0.15, 0.2) is 0 Å². The molecule has 0 fully saturated rings. The summed E-state index contributed by atoms with van der Waals surface area (Å²) >= 11 is 0. The number of aromatic nitrogens is 1. The molecule has 0 radical (unpaired) electrons. The van der Waals surface area contributed by atoms with E-state index in [1.54, 1.807) is 18.3 Å². The molecule has 3 aromatic carbocycles. The SMILES string of the molecule is Cc1cc2c(NC(=O)C=CC=C(c3ccc(C(F)(F)F)cc3)c3ccc(C(F)(F)F)cc3)cccc2cn1. The van der Waals surface area contributed by atoms with Crippen LogP contribution in [0, 0.1) is 6.92 Å². The van der Waals surface area contributed by atoms with Crippen molar-refractivity contribution in [2.75, 3.05) is 5.32 Å². The number of pyridine rings is 1. The van der Waals surface area contributed by atoms with Crippen LogP contribution in [0.3, 0.4) is 0 Å². The molecule has 0 atom stereocenters. The minimum Gasteiger partial charge on any atom is -0.322 e. The maximum atomic E-state index is 13.0. The van der Waals surface area contributed by atoms with Gasteiger partial charge in [0, 0.05) is 34.4 Å². The van der Waals surface area contributed by atoms with Crippen LogP contribution >= 0.6 is 0 Å². The van der Waals surface area contributed by atoms with Crippen LogP contribution < -0.4 is 5.32 Å². The number of aryl methyl sites for hydroxylation is 1. The molecular weight excluding hydrogens is 506 g/mol. The molecule has 0 unspecified atom stereocenters. The maximum absolute atomic E-state index is 13.0. The van der Waals surface area contributed by atoms with Gasteiger partial charge in [0.2, 0.25) is 5.91 Å². The molecule has 1 amide bonds. The molecule has 0 aliphatic carbocycles. The van der Waals surface area contributed by atoms with Crippen LogP contribution in [0.1, 0.15) is 27.9 Å². The fourth-order valence-electron chi connectivity index (χ4n) is 3.83. The summed E-state index contributed by atoms with van der Waals surface area (Å²) in [5.74, 6) is -0.470. The molecule has 0 bridgehead atoms. The van der Waals surface area contributed by atoms with Gasteiger partial charge in [-0.2, -0.15) is 26.3 Å². The van der Waals surface area contributed by atoms with Crippen LogP contribution in [-0.2, 0) is 17.1 Å². The number of anilines is 1. The highest BCUT2D eigenvalue weighted by atomic mass is 19.4. The summed E-state index contributed by atoms with van der Waals surface area (Å²) in [7, 11) is 0. The standard InChI is InChI=1S/C29H20F6N2O/c1-18-16-25-21(17-36-18)4-2-6-26(25)37-27(38)7-3-5-24(19-8-12-22(13-9-19)28(30,31)32)20-10-14-23(15-11-20)29(33,34)35/h2-17H,1H3,(H,37,38). The molecule has 9 heteroatoms. The van der Waals surface area contributed by atoms with Crippen molar-refractivity contribution in [3.8, 4) is 0 Å². The number of benzene rings is 3. The van der Waals surface area contributed by atoms with E-state index in [1.807, 2.05) is 19.1 Å². The van der Waals surface area contributed by atoms with Crippen molar-refractivity contribution < 1.29 is 31.1 Å². The number of hydrogen-bond donors (Lipinski definition) is 1. The Labute approximate surface area is 214 Å². The van der Waals surface area contributed by atoms with Gasteiger partial charge in [0.1, 0.15) is 0 Å². The Bertz CT molecular complexity index is 1460. The number of nitrogens with zero attached hydrogens (tertiary/aromatic N) is 1. The van der Waals surface area contributed by atoms with E-state index in [4.69, 9.17) is 0 Å². The number of carbonyl (C=O) groups excluding carboxylic acids is 1. The number of fused-ring (bicyclic) bond motifs is 1. The predicted molar refractivity (Wildman–Crippen MR) is 134 cm³/mol. The Morgan fingerprint density at radius 2 is 1.37 bits per heavy atom. The van der Waals surface area contributed by atoms with E-state index in [0.717, 1.165) is 40.7 Å². The molecule has 0 spiro atoms. The second-order valence-corrected chi connectivity index (χ2v) is 8.43. The summed E-state index contributed by atoms with van der Waals surface area (Å²) in [6, 6.07) is 15.7. The second-order valence-electron chi connectivity index (χ2n) is 8.43. The lowest BCUT2D eigenvalue weighted by molar-refractivity contribution is -0.138. The van der Waals surface area contributed by atoms with Crippen molar-refractivity contribution in [3.05, 3.63) is 125 Å². The predicted octanol–water partition coefficient (Wildman–Crippen LogP) is 8.21. The van der Waals surface area contributed by atoms with Crippen molar-refractivity contribution >= 4 is 27.9 Å². The van der Waals surface area contributed by atoms with E-state index in [9.17, 15) is 31.1 Å². The van der Waals surface area contributed by atoms with Crippen molar-refractivity contribution in [1.82, 2.24) is 4.98 Å². The summed E-state index contributed by atoms with van der Waals surface area (Å²) in [6.45, 7) is 1.83. The molecule has 1 heterocycles. The van der Waals surface area contributed by atoms with Gasteiger partial charge in [-0.05, 0) is 60.0 Å². The monoisotopic (exact) mass is 526 g/mol. The fourth-order valence-corrected chi connectivity index (χ4v) is 3.83. The first-order chi connectivity index (χ1) is 17.9. The number of amides is 1. The van der Waals surface area contributed by atoms with Gasteiger partial charge in [-0.15, -0.1) is 0 Å². The largest absolute Gasteiger partial charge is 0.416 e. The van der Waals surface area contributed by atoms with E-state index in [-0.39, 0.29) is 0 Å². The number of rotatable bonds is 5. The fraction of sp³-hybridized carbons (Fsp3) is 0.103. The molecular formula is C29H20F6N2O. The Morgan fingerprint density at radius 3 is 1.89 bits per heavy atom. The Kier molecular flexibility index (Phi) is 7.39. The minimum atomic E-state index is -4.54.